The second kappa shape index (κ2) is 8.57. The van der Waals surface area contributed by atoms with Crippen LogP contribution in [0.2, 0.25) is 0 Å². The summed E-state index contributed by atoms with van der Waals surface area (Å²) in [7, 11) is 0. The number of hydrogen-bond donors (Lipinski definition) is 3. The summed E-state index contributed by atoms with van der Waals surface area (Å²) in [5, 5.41) is 22.9. The second-order valence-electron chi connectivity index (χ2n) is 5.24. The molecule has 0 saturated heterocycles. The topological polar surface area (TPSA) is 52.5 Å². The molecule has 3 nitrogen and oxygen atoms in total. The van der Waals surface area contributed by atoms with E-state index in [1.54, 1.807) is 0 Å². The van der Waals surface area contributed by atoms with Gasteiger partial charge in [-0.3, -0.25) is 0 Å². The number of aliphatic hydroxyl groups is 2. The molecular formula is C18H23NO2. The molecule has 0 unspecified atom stereocenters. The molecule has 0 aliphatic rings. The van der Waals surface area contributed by atoms with Gasteiger partial charge in [0.1, 0.15) is 0 Å². The van der Waals surface area contributed by atoms with E-state index >= 15 is 0 Å². The Morgan fingerprint density at radius 3 is 2.00 bits per heavy atom. The number of rotatable bonds is 8. The van der Waals surface area contributed by atoms with Crippen molar-refractivity contribution in [1.82, 2.24) is 5.32 Å². The van der Waals surface area contributed by atoms with Crippen LogP contribution in [0.4, 0.5) is 0 Å². The molecule has 2 rings (SSSR count). The molecule has 2 aromatic carbocycles. The molecule has 2 atom stereocenters. The number of hydrogen-bond acceptors (Lipinski definition) is 3. The van der Waals surface area contributed by atoms with Gasteiger partial charge in [0, 0.05) is 0 Å². The number of aliphatic hydroxyl groups excluding tert-OH is 2. The maximum Gasteiger partial charge on any atom is 0.0755 e. The van der Waals surface area contributed by atoms with Crippen LogP contribution in [0.3, 0.4) is 0 Å². The van der Waals surface area contributed by atoms with Crippen molar-refractivity contribution in [2.45, 2.75) is 25.0 Å². The van der Waals surface area contributed by atoms with Gasteiger partial charge in [-0.05, 0) is 30.5 Å². The third kappa shape index (κ3) is 5.31. The fourth-order valence-electron chi connectivity index (χ4n) is 2.37. The Balaban J connectivity index is 1.79. The molecule has 2 aromatic rings. The largest absolute Gasteiger partial charge is 0.395 e. The lowest BCUT2D eigenvalue weighted by molar-refractivity contribution is 0.0905. The van der Waals surface area contributed by atoms with Crippen LogP contribution >= 0.6 is 0 Å². The second-order valence-corrected chi connectivity index (χ2v) is 5.24. The standard InChI is InChI=1S/C18H23NO2/c20-14-17(18(21)13-16-9-5-2-6-10-16)19-12-11-15-7-3-1-4-8-15/h1-10,17-21H,11-14H2/t17-,18+/m1/s1. The van der Waals surface area contributed by atoms with E-state index in [4.69, 9.17) is 0 Å². The number of benzene rings is 2. The maximum absolute atomic E-state index is 10.2. The van der Waals surface area contributed by atoms with Gasteiger partial charge in [-0.1, -0.05) is 60.7 Å². The lowest BCUT2D eigenvalue weighted by atomic mass is 10.0. The minimum Gasteiger partial charge on any atom is -0.395 e. The minimum atomic E-state index is -0.590. The Kier molecular flexibility index (Phi) is 6.41. The molecule has 0 radical (unpaired) electrons. The van der Waals surface area contributed by atoms with Crippen LogP contribution in [0.1, 0.15) is 11.1 Å². The highest BCUT2D eigenvalue weighted by Gasteiger charge is 2.17. The van der Waals surface area contributed by atoms with E-state index in [1.807, 2.05) is 48.5 Å². The zero-order valence-corrected chi connectivity index (χ0v) is 12.2. The monoisotopic (exact) mass is 285 g/mol. The molecule has 0 heterocycles. The van der Waals surface area contributed by atoms with Crippen LogP contribution in [-0.2, 0) is 12.8 Å². The summed E-state index contributed by atoms with van der Waals surface area (Å²) >= 11 is 0. The van der Waals surface area contributed by atoms with Crippen LogP contribution in [0, 0.1) is 0 Å². The van der Waals surface area contributed by atoms with Gasteiger partial charge in [-0.2, -0.15) is 0 Å². The van der Waals surface area contributed by atoms with Crippen molar-refractivity contribution in [3.8, 4) is 0 Å². The van der Waals surface area contributed by atoms with E-state index in [-0.39, 0.29) is 12.6 Å². The Hall–Kier alpha value is -1.68. The highest BCUT2D eigenvalue weighted by atomic mass is 16.3. The Bertz CT molecular complexity index is 501. The molecule has 0 bridgehead atoms. The van der Waals surface area contributed by atoms with Crippen molar-refractivity contribution >= 4 is 0 Å². The summed E-state index contributed by atoms with van der Waals surface area (Å²) in [6.07, 6.45) is 0.841. The first-order valence-corrected chi connectivity index (χ1v) is 7.39. The molecule has 0 aliphatic carbocycles. The van der Waals surface area contributed by atoms with Crippen molar-refractivity contribution in [3.63, 3.8) is 0 Å². The average Bonchev–Trinajstić information content (AvgIpc) is 2.53. The zero-order valence-electron chi connectivity index (χ0n) is 12.2. The van der Waals surface area contributed by atoms with Crippen LogP contribution in [-0.4, -0.2) is 35.5 Å². The molecule has 3 heteroatoms. The molecular weight excluding hydrogens is 262 g/mol. The third-order valence-electron chi connectivity index (χ3n) is 3.61. The quantitative estimate of drug-likeness (QED) is 0.693. The minimum absolute atomic E-state index is 0.0667. The fraction of sp³-hybridized carbons (Fsp3) is 0.333. The molecule has 0 fully saturated rings. The van der Waals surface area contributed by atoms with Crippen molar-refractivity contribution in [1.29, 1.82) is 0 Å². The predicted molar refractivity (Wildman–Crippen MR) is 85.2 cm³/mol. The Labute approximate surface area is 126 Å². The third-order valence-corrected chi connectivity index (χ3v) is 3.61. The van der Waals surface area contributed by atoms with Gasteiger partial charge >= 0.3 is 0 Å². The lowest BCUT2D eigenvalue weighted by Crippen LogP contribution is -2.44. The molecule has 0 aliphatic heterocycles. The van der Waals surface area contributed by atoms with E-state index in [0.717, 1.165) is 18.5 Å². The first-order chi connectivity index (χ1) is 10.3. The molecule has 0 spiro atoms. The highest BCUT2D eigenvalue weighted by molar-refractivity contribution is 5.16. The summed E-state index contributed by atoms with van der Waals surface area (Å²) in [6, 6.07) is 19.7. The van der Waals surface area contributed by atoms with E-state index in [9.17, 15) is 10.2 Å². The van der Waals surface area contributed by atoms with Crippen LogP contribution in [0.25, 0.3) is 0 Å². The molecule has 0 amide bonds. The smallest absolute Gasteiger partial charge is 0.0755 e. The molecule has 112 valence electrons. The van der Waals surface area contributed by atoms with Crippen molar-refractivity contribution in [3.05, 3.63) is 71.8 Å². The summed E-state index contributed by atoms with van der Waals surface area (Å²) in [6.45, 7) is 0.671. The number of nitrogens with one attached hydrogen (secondary N) is 1. The summed E-state index contributed by atoms with van der Waals surface area (Å²) < 4.78 is 0. The Morgan fingerprint density at radius 1 is 0.857 bits per heavy atom. The molecule has 21 heavy (non-hydrogen) atoms. The van der Waals surface area contributed by atoms with Gasteiger partial charge in [0.2, 0.25) is 0 Å². The summed E-state index contributed by atoms with van der Waals surface area (Å²) in [5.41, 5.74) is 2.33. The van der Waals surface area contributed by atoms with Gasteiger partial charge in [-0.25, -0.2) is 0 Å². The molecule has 0 aromatic heterocycles. The molecule has 0 saturated carbocycles. The Morgan fingerprint density at radius 2 is 1.43 bits per heavy atom. The van der Waals surface area contributed by atoms with E-state index in [0.29, 0.717) is 6.42 Å². The SMILES string of the molecule is OC[C@@H](NCCc1ccccc1)[C@@H](O)Cc1ccccc1. The van der Waals surface area contributed by atoms with Gasteiger partial charge in [-0.15, -0.1) is 0 Å². The molecule has 3 N–H and O–H groups in total. The normalized spacial score (nSPS) is 13.8. The van der Waals surface area contributed by atoms with Gasteiger partial charge in [0.25, 0.3) is 0 Å². The zero-order chi connectivity index (χ0) is 14.9. The van der Waals surface area contributed by atoms with Crippen LogP contribution in [0.5, 0.6) is 0 Å². The van der Waals surface area contributed by atoms with Gasteiger partial charge in [0.15, 0.2) is 0 Å². The maximum atomic E-state index is 10.2. The lowest BCUT2D eigenvalue weighted by Gasteiger charge is -2.22. The van der Waals surface area contributed by atoms with E-state index < -0.39 is 6.10 Å². The summed E-state index contributed by atoms with van der Waals surface area (Å²) in [5.74, 6) is 0. The summed E-state index contributed by atoms with van der Waals surface area (Å²) in [4.78, 5) is 0. The predicted octanol–water partition coefficient (Wildman–Crippen LogP) is 1.78. The van der Waals surface area contributed by atoms with E-state index in [1.165, 1.54) is 5.56 Å². The highest BCUT2D eigenvalue weighted by Crippen LogP contribution is 2.06. The van der Waals surface area contributed by atoms with Crippen molar-refractivity contribution < 1.29 is 10.2 Å². The van der Waals surface area contributed by atoms with Gasteiger partial charge < -0.3 is 15.5 Å². The van der Waals surface area contributed by atoms with E-state index in [2.05, 4.69) is 17.4 Å². The van der Waals surface area contributed by atoms with Crippen LogP contribution < -0.4 is 5.32 Å². The van der Waals surface area contributed by atoms with Crippen LogP contribution in [0.15, 0.2) is 60.7 Å². The van der Waals surface area contributed by atoms with Crippen molar-refractivity contribution in [2.24, 2.45) is 0 Å². The van der Waals surface area contributed by atoms with Crippen molar-refractivity contribution in [2.75, 3.05) is 13.2 Å². The van der Waals surface area contributed by atoms with Gasteiger partial charge in [0.05, 0.1) is 18.8 Å². The fourth-order valence-corrected chi connectivity index (χ4v) is 2.37. The first-order valence-electron chi connectivity index (χ1n) is 7.39. The average molecular weight is 285 g/mol. The first kappa shape index (κ1) is 15.7.